The molecule has 4 amide bonds. The predicted octanol–water partition coefficient (Wildman–Crippen LogP) is -2.88. The molecule has 10 N–H and O–H groups in total. The van der Waals surface area contributed by atoms with Gasteiger partial charge in [-0.25, -0.2) is 4.79 Å². The Bertz CT molecular complexity index is 893. The molecular formula is C22H33N5O8. The van der Waals surface area contributed by atoms with Crippen LogP contribution in [0.4, 0.5) is 0 Å². The van der Waals surface area contributed by atoms with E-state index in [1.165, 1.54) is 13.8 Å². The highest BCUT2D eigenvalue weighted by molar-refractivity contribution is 5.94. The lowest BCUT2D eigenvalue weighted by atomic mass is 10.0. The molecule has 1 aromatic carbocycles. The van der Waals surface area contributed by atoms with Crippen LogP contribution in [0.15, 0.2) is 30.3 Å². The number of nitrogens with two attached hydrogens (primary N) is 2. The molecular weight excluding hydrogens is 462 g/mol. The minimum Gasteiger partial charge on any atom is -0.480 e. The summed E-state index contributed by atoms with van der Waals surface area (Å²) in [5.41, 5.74) is 11.4. The van der Waals surface area contributed by atoms with Gasteiger partial charge in [-0.3, -0.25) is 19.2 Å². The van der Waals surface area contributed by atoms with Crippen molar-refractivity contribution < 1.29 is 39.3 Å². The van der Waals surface area contributed by atoms with E-state index >= 15 is 0 Å². The molecule has 0 saturated heterocycles. The van der Waals surface area contributed by atoms with Crippen LogP contribution in [0.5, 0.6) is 0 Å². The zero-order valence-corrected chi connectivity index (χ0v) is 19.5. The number of nitrogens with one attached hydrogen (secondary N) is 3. The smallest absolute Gasteiger partial charge is 0.328 e. The Labute approximate surface area is 202 Å². The minimum absolute atomic E-state index is 0.0524. The summed E-state index contributed by atoms with van der Waals surface area (Å²) < 4.78 is 0. The lowest BCUT2D eigenvalue weighted by Crippen LogP contribution is -2.60. The SMILES string of the molecule is CC(O)C(NC(=O)C(Cc1ccccc1)NC(=O)C(NC(=O)C(N)CCC(N)=O)C(C)O)C(=O)O. The molecule has 0 fully saturated rings. The average Bonchev–Trinajstić information content (AvgIpc) is 2.78. The first kappa shape index (κ1) is 29.5. The summed E-state index contributed by atoms with van der Waals surface area (Å²) in [5.74, 6) is -4.79. The standard InChI is InChI=1S/C22H33N5O8/c1-11(28)17(26-19(31)14(23)8-9-16(24)30)21(33)25-15(10-13-6-4-3-5-7-13)20(32)27-18(12(2)29)22(34)35/h3-7,11-12,14-15,17-18,28-29H,8-10,23H2,1-2H3,(H2,24,30)(H,25,33)(H,26,31)(H,27,32)(H,34,35). The topological polar surface area (TPSA) is 234 Å². The van der Waals surface area contributed by atoms with E-state index in [-0.39, 0.29) is 19.3 Å². The molecule has 194 valence electrons. The van der Waals surface area contributed by atoms with E-state index in [0.717, 1.165) is 0 Å². The van der Waals surface area contributed by atoms with Gasteiger partial charge in [-0.1, -0.05) is 30.3 Å². The third kappa shape index (κ3) is 10.1. The Hall–Kier alpha value is -3.55. The van der Waals surface area contributed by atoms with Crippen LogP contribution in [0, 0.1) is 0 Å². The summed E-state index contributed by atoms with van der Waals surface area (Å²) >= 11 is 0. The van der Waals surface area contributed by atoms with Crippen molar-refractivity contribution in [2.24, 2.45) is 11.5 Å². The van der Waals surface area contributed by atoms with Crippen molar-refractivity contribution in [2.45, 2.75) is 69.5 Å². The second kappa shape index (κ2) is 14.0. The van der Waals surface area contributed by atoms with Crippen LogP contribution in [-0.2, 0) is 30.4 Å². The lowest BCUT2D eigenvalue weighted by Gasteiger charge is -2.27. The van der Waals surface area contributed by atoms with E-state index in [4.69, 9.17) is 11.5 Å². The summed E-state index contributed by atoms with van der Waals surface area (Å²) in [5, 5.41) is 35.9. The van der Waals surface area contributed by atoms with Gasteiger partial charge in [0.1, 0.15) is 12.1 Å². The van der Waals surface area contributed by atoms with Crippen LogP contribution in [0.3, 0.4) is 0 Å². The zero-order valence-electron chi connectivity index (χ0n) is 19.5. The number of carboxylic acid groups (broad SMARTS) is 1. The first-order valence-corrected chi connectivity index (χ1v) is 10.9. The van der Waals surface area contributed by atoms with Gasteiger partial charge < -0.3 is 42.7 Å². The molecule has 0 aliphatic heterocycles. The summed E-state index contributed by atoms with van der Waals surface area (Å²) in [7, 11) is 0. The molecule has 0 bridgehead atoms. The molecule has 0 aromatic heterocycles. The fourth-order valence-electron chi connectivity index (χ4n) is 3.06. The van der Waals surface area contributed by atoms with Gasteiger partial charge in [0, 0.05) is 12.8 Å². The van der Waals surface area contributed by atoms with Gasteiger partial charge in [0.2, 0.25) is 23.6 Å². The summed E-state index contributed by atoms with van der Waals surface area (Å²) in [6.45, 7) is 2.42. The second-order valence-electron chi connectivity index (χ2n) is 8.15. The highest BCUT2D eigenvalue weighted by Gasteiger charge is 2.33. The third-order valence-corrected chi connectivity index (χ3v) is 5.06. The number of primary amides is 1. The van der Waals surface area contributed by atoms with Crippen LogP contribution in [0.25, 0.3) is 0 Å². The van der Waals surface area contributed by atoms with Gasteiger partial charge in [0.25, 0.3) is 0 Å². The van der Waals surface area contributed by atoms with Crippen molar-refractivity contribution in [1.82, 2.24) is 16.0 Å². The maximum Gasteiger partial charge on any atom is 0.328 e. The fraction of sp³-hybridized carbons (Fsp3) is 0.500. The third-order valence-electron chi connectivity index (χ3n) is 5.06. The number of benzene rings is 1. The molecule has 1 aromatic rings. The highest BCUT2D eigenvalue weighted by Crippen LogP contribution is 2.07. The van der Waals surface area contributed by atoms with Gasteiger partial charge in [-0.05, 0) is 25.8 Å². The molecule has 6 atom stereocenters. The number of carbonyl (C=O) groups is 5. The number of hydrogen-bond donors (Lipinski definition) is 8. The Balaban J connectivity index is 3.05. The number of rotatable bonds is 14. The molecule has 0 heterocycles. The van der Waals surface area contributed by atoms with E-state index in [9.17, 15) is 39.3 Å². The van der Waals surface area contributed by atoms with Gasteiger partial charge in [0.05, 0.1) is 18.2 Å². The Morgan fingerprint density at radius 1 is 0.857 bits per heavy atom. The van der Waals surface area contributed by atoms with E-state index in [2.05, 4.69) is 16.0 Å². The lowest BCUT2D eigenvalue weighted by molar-refractivity contribution is -0.145. The van der Waals surface area contributed by atoms with Crippen LogP contribution < -0.4 is 27.4 Å². The molecule has 0 aliphatic carbocycles. The van der Waals surface area contributed by atoms with Gasteiger partial charge in [0.15, 0.2) is 6.04 Å². The largest absolute Gasteiger partial charge is 0.480 e. The fourth-order valence-corrected chi connectivity index (χ4v) is 3.06. The second-order valence-corrected chi connectivity index (χ2v) is 8.15. The van der Waals surface area contributed by atoms with Crippen LogP contribution in [-0.4, -0.2) is 81.3 Å². The van der Waals surface area contributed by atoms with E-state index < -0.39 is 66.0 Å². The van der Waals surface area contributed by atoms with Crippen LogP contribution in [0.2, 0.25) is 0 Å². The van der Waals surface area contributed by atoms with Crippen LogP contribution in [0.1, 0.15) is 32.3 Å². The molecule has 13 nitrogen and oxygen atoms in total. The molecule has 0 radical (unpaired) electrons. The van der Waals surface area contributed by atoms with Crippen molar-refractivity contribution in [2.75, 3.05) is 0 Å². The molecule has 13 heteroatoms. The van der Waals surface area contributed by atoms with Crippen molar-refractivity contribution in [3.05, 3.63) is 35.9 Å². The summed E-state index contributed by atoms with van der Waals surface area (Å²) in [6.07, 6.45) is -3.11. The number of carboxylic acids is 1. The number of aliphatic carboxylic acids is 1. The summed E-state index contributed by atoms with van der Waals surface area (Å²) in [6, 6.07) is 2.87. The van der Waals surface area contributed by atoms with Gasteiger partial charge in [-0.2, -0.15) is 0 Å². The Kier molecular flexibility index (Phi) is 11.8. The number of aliphatic hydroxyl groups excluding tert-OH is 2. The molecule has 1 rings (SSSR count). The number of hydrogen-bond acceptors (Lipinski definition) is 8. The highest BCUT2D eigenvalue weighted by atomic mass is 16.4. The number of amides is 4. The Morgan fingerprint density at radius 2 is 1.40 bits per heavy atom. The van der Waals surface area contributed by atoms with Crippen molar-refractivity contribution in [1.29, 1.82) is 0 Å². The maximum absolute atomic E-state index is 12.9. The molecule has 0 spiro atoms. The van der Waals surface area contributed by atoms with Crippen molar-refractivity contribution in [3.8, 4) is 0 Å². The van der Waals surface area contributed by atoms with Gasteiger partial charge >= 0.3 is 5.97 Å². The number of carbonyl (C=O) groups excluding carboxylic acids is 4. The first-order chi connectivity index (χ1) is 16.3. The maximum atomic E-state index is 12.9. The van der Waals surface area contributed by atoms with Gasteiger partial charge in [-0.15, -0.1) is 0 Å². The summed E-state index contributed by atoms with van der Waals surface area (Å²) in [4.78, 5) is 60.4. The molecule has 0 aliphatic rings. The average molecular weight is 496 g/mol. The number of aliphatic hydroxyl groups is 2. The van der Waals surface area contributed by atoms with E-state index in [0.29, 0.717) is 5.56 Å². The molecule has 6 unspecified atom stereocenters. The van der Waals surface area contributed by atoms with Crippen molar-refractivity contribution in [3.63, 3.8) is 0 Å². The van der Waals surface area contributed by atoms with E-state index in [1.54, 1.807) is 30.3 Å². The van der Waals surface area contributed by atoms with Crippen molar-refractivity contribution >= 4 is 29.6 Å². The first-order valence-electron chi connectivity index (χ1n) is 10.9. The molecule has 35 heavy (non-hydrogen) atoms. The zero-order chi connectivity index (χ0) is 26.7. The van der Waals surface area contributed by atoms with E-state index in [1.807, 2.05) is 0 Å². The Morgan fingerprint density at radius 3 is 1.89 bits per heavy atom. The minimum atomic E-state index is -1.63. The predicted molar refractivity (Wildman–Crippen MR) is 123 cm³/mol. The van der Waals surface area contributed by atoms with Crippen LogP contribution >= 0.6 is 0 Å². The normalized spacial score (nSPS) is 16.0. The monoisotopic (exact) mass is 495 g/mol. The molecule has 0 saturated carbocycles. The quantitative estimate of drug-likeness (QED) is 0.132.